The Morgan fingerprint density at radius 2 is 2.16 bits per heavy atom. The SMILES string of the molecule is O=C(CN1CCNCC1)N1CCc2ncccc2C1. The highest BCUT2D eigenvalue weighted by Gasteiger charge is 2.23. The van der Waals surface area contributed by atoms with Crippen molar-refractivity contribution >= 4 is 5.91 Å². The Morgan fingerprint density at radius 1 is 1.32 bits per heavy atom. The number of amides is 1. The Kier molecular flexibility index (Phi) is 3.75. The summed E-state index contributed by atoms with van der Waals surface area (Å²) in [4.78, 5) is 20.9. The van der Waals surface area contributed by atoms with E-state index in [1.807, 2.05) is 17.2 Å². The fourth-order valence-electron chi connectivity index (χ4n) is 2.74. The molecule has 0 bridgehead atoms. The van der Waals surface area contributed by atoms with Crippen molar-refractivity contribution in [3.05, 3.63) is 29.6 Å². The lowest BCUT2D eigenvalue weighted by atomic mass is 10.1. The zero-order valence-electron chi connectivity index (χ0n) is 11.1. The largest absolute Gasteiger partial charge is 0.337 e. The summed E-state index contributed by atoms with van der Waals surface area (Å²) in [7, 11) is 0. The second-order valence-electron chi connectivity index (χ2n) is 5.20. The van der Waals surface area contributed by atoms with Crippen molar-refractivity contribution in [2.24, 2.45) is 0 Å². The van der Waals surface area contributed by atoms with E-state index in [4.69, 9.17) is 0 Å². The van der Waals surface area contributed by atoms with Crippen LogP contribution in [0.5, 0.6) is 0 Å². The van der Waals surface area contributed by atoms with Gasteiger partial charge in [0.05, 0.1) is 6.54 Å². The van der Waals surface area contributed by atoms with E-state index >= 15 is 0 Å². The van der Waals surface area contributed by atoms with Crippen molar-refractivity contribution in [2.45, 2.75) is 13.0 Å². The molecule has 1 amide bonds. The Balaban J connectivity index is 1.59. The third-order valence-corrected chi connectivity index (χ3v) is 3.89. The van der Waals surface area contributed by atoms with Gasteiger partial charge >= 0.3 is 0 Å². The van der Waals surface area contributed by atoms with Gasteiger partial charge in [-0.15, -0.1) is 0 Å². The number of pyridine rings is 1. The maximum absolute atomic E-state index is 12.3. The van der Waals surface area contributed by atoms with Crippen LogP contribution in [0.15, 0.2) is 18.3 Å². The maximum Gasteiger partial charge on any atom is 0.237 e. The molecule has 1 fully saturated rings. The molecule has 102 valence electrons. The minimum Gasteiger partial charge on any atom is -0.337 e. The lowest BCUT2D eigenvalue weighted by Crippen LogP contribution is -2.49. The molecule has 0 atom stereocenters. The number of rotatable bonds is 2. The Morgan fingerprint density at radius 3 is 3.00 bits per heavy atom. The first-order valence-corrected chi connectivity index (χ1v) is 6.96. The molecule has 1 saturated heterocycles. The summed E-state index contributed by atoms with van der Waals surface area (Å²) in [6.07, 6.45) is 2.71. The Hall–Kier alpha value is -1.46. The van der Waals surface area contributed by atoms with E-state index in [0.29, 0.717) is 13.1 Å². The summed E-state index contributed by atoms with van der Waals surface area (Å²) in [5, 5.41) is 3.31. The van der Waals surface area contributed by atoms with Crippen LogP contribution in [0.25, 0.3) is 0 Å². The molecule has 0 spiro atoms. The normalized spacial score (nSPS) is 20.1. The maximum atomic E-state index is 12.3. The van der Waals surface area contributed by atoms with E-state index in [9.17, 15) is 4.79 Å². The molecular weight excluding hydrogens is 240 g/mol. The van der Waals surface area contributed by atoms with Crippen LogP contribution >= 0.6 is 0 Å². The average molecular weight is 260 g/mol. The first kappa shape index (κ1) is 12.6. The van der Waals surface area contributed by atoms with Gasteiger partial charge in [0, 0.05) is 57.6 Å². The van der Waals surface area contributed by atoms with Gasteiger partial charge in [-0.05, 0) is 11.6 Å². The molecule has 0 radical (unpaired) electrons. The molecule has 1 aromatic heterocycles. The predicted molar refractivity (Wildman–Crippen MR) is 72.7 cm³/mol. The molecule has 0 aliphatic carbocycles. The summed E-state index contributed by atoms with van der Waals surface area (Å²) < 4.78 is 0. The van der Waals surface area contributed by atoms with Gasteiger partial charge in [-0.3, -0.25) is 14.7 Å². The van der Waals surface area contributed by atoms with Gasteiger partial charge in [-0.2, -0.15) is 0 Å². The Labute approximate surface area is 113 Å². The second kappa shape index (κ2) is 5.67. The second-order valence-corrected chi connectivity index (χ2v) is 5.20. The van der Waals surface area contributed by atoms with E-state index in [1.165, 1.54) is 5.56 Å². The van der Waals surface area contributed by atoms with E-state index in [2.05, 4.69) is 21.3 Å². The van der Waals surface area contributed by atoms with E-state index < -0.39 is 0 Å². The minimum absolute atomic E-state index is 0.247. The molecule has 3 rings (SSSR count). The summed E-state index contributed by atoms with van der Waals surface area (Å²) in [5.41, 5.74) is 2.34. The topological polar surface area (TPSA) is 48.5 Å². The summed E-state index contributed by atoms with van der Waals surface area (Å²) in [6.45, 7) is 5.98. The highest BCUT2D eigenvalue weighted by atomic mass is 16.2. The van der Waals surface area contributed by atoms with E-state index in [0.717, 1.165) is 44.8 Å². The molecule has 0 aromatic carbocycles. The van der Waals surface area contributed by atoms with Crippen molar-refractivity contribution in [1.82, 2.24) is 20.1 Å². The third kappa shape index (κ3) is 2.93. The molecular formula is C14H20N4O. The van der Waals surface area contributed by atoms with Gasteiger partial charge in [0.25, 0.3) is 0 Å². The number of carbonyl (C=O) groups is 1. The van der Waals surface area contributed by atoms with Crippen molar-refractivity contribution in [3.63, 3.8) is 0 Å². The van der Waals surface area contributed by atoms with Crippen LogP contribution in [0.3, 0.4) is 0 Å². The number of nitrogens with one attached hydrogen (secondary N) is 1. The van der Waals surface area contributed by atoms with Gasteiger partial charge in [-0.25, -0.2) is 0 Å². The molecule has 0 unspecified atom stereocenters. The molecule has 2 aliphatic rings. The minimum atomic E-state index is 0.247. The van der Waals surface area contributed by atoms with Gasteiger partial charge in [0.1, 0.15) is 0 Å². The van der Waals surface area contributed by atoms with Gasteiger partial charge in [0.15, 0.2) is 0 Å². The average Bonchev–Trinajstić information content (AvgIpc) is 2.48. The number of hydrogen-bond donors (Lipinski definition) is 1. The number of nitrogens with zero attached hydrogens (tertiary/aromatic N) is 3. The van der Waals surface area contributed by atoms with Gasteiger partial charge < -0.3 is 10.2 Å². The zero-order valence-corrected chi connectivity index (χ0v) is 11.1. The van der Waals surface area contributed by atoms with Crippen molar-refractivity contribution in [3.8, 4) is 0 Å². The summed E-state index contributed by atoms with van der Waals surface area (Å²) >= 11 is 0. The first-order valence-electron chi connectivity index (χ1n) is 6.96. The molecule has 2 aliphatic heterocycles. The number of carbonyl (C=O) groups excluding carboxylic acids is 1. The number of fused-ring (bicyclic) bond motifs is 1. The summed E-state index contributed by atoms with van der Waals surface area (Å²) in [6, 6.07) is 4.02. The smallest absolute Gasteiger partial charge is 0.237 e. The van der Waals surface area contributed by atoms with Crippen molar-refractivity contribution < 1.29 is 4.79 Å². The lowest BCUT2D eigenvalue weighted by molar-refractivity contribution is -0.133. The standard InChI is InChI=1S/C14H20N4O/c19-14(11-17-8-5-15-6-9-17)18-7-3-13-12(10-18)2-1-4-16-13/h1-2,4,15H,3,5-11H2. The Bertz CT molecular complexity index is 457. The van der Waals surface area contributed by atoms with Crippen LogP contribution in [0, 0.1) is 0 Å². The molecule has 3 heterocycles. The number of piperazine rings is 1. The lowest BCUT2D eigenvalue weighted by Gasteiger charge is -2.32. The van der Waals surface area contributed by atoms with E-state index in [-0.39, 0.29) is 5.91 Å². The zero-order chi connectivity index (χ0) is 13.1. The number of aromatic nitrogens is 1. The molecule has 5 nitrogen and oxygen atoms in total. The highest BCUT2D eigenvalue weighted by molar-refractivity contribution is 5.78. The predicted octanol–water partition coefficient (Wildman–Crippen LogP) is -0.128. The third-order valence-electron chi connectivity index (χ3n) is 3.89. The van der Waals surface area contributed by atoms with Crippen LogP contribution in [0.1, 0.15) is 11.3 Å². The quantitative estimate of drug-likeness (QED) is 0.805. The number of hydrogen-bond acceptors (Lipinski definition) is 4. The fraction of sp³-hybridized carbons (Fsp3) is 0.571. The van der Waals surface area contributed by atoms with Crippen LogP contribution in [-0.4, -0.2) is 60.0 Å². The van der Waals surface area contributed by atoms with Crippen molar-refractivity contribution in [1.29, 1.82) is 0 Å². The molecule has 5 heteroatoms. The van der Waals surface area contributed by atoms with E-state index in [1.54, 1.807) is 0 Å². The molecule has 0 saturated carbocycles. The van der Waals surface area contributed by atoms with Crippen LogP contribution in [0.2, 0.25) is 0 Å². The highest BCUT2D eigenvalue weighted by Crippen LogP contribution is 2.16. The molecule has 1 N–H and O–H groups in total. The monoisotopic (exact) mass is 260 g/mol. The summed E-state index contributed by atoms with van der Waals surface area (Å²) in [5.74, 6) is 0.247. The van der Waals surface area contributed by atoms with Crippen LogP contribution in [-0.2, 0) is 17.8 Å². The first-order chi connectivity index (χ1) is 9.33. The van der Waals surface area contributed by atoms with Crippen LogP contribution < -0.4 is 5.32 Å². The van der Waals surface area contributed by atoms with Gasteiger partial charge in [0.2, 0.25) is 5.91 Å². The van der Waals surface area contributed by atoms with Gasteiger partial charge in [-0.1, -0.05) is 6.07 Å². The molecule has 19 heavy (non-hydrogen) atoms. The van der Waals surface area contributed by atoms with Crippen molar-refractivity contribution in [2.75, 3.05) is 39.3 Å². The molecule has 1 aromatic rings. The van der Waals surface area contributed by atoms with Crippen LogP contribution in [0.4, 0.5) is 0 Å². The fourth-order valence-corrected chi connectivity index (χ4v) is 2.74.